The highest BCUT2D eigenvalue weighted by Crippen LogP contribution is 2.24. The largest absolute Gasteiger partial charge is 0.496 e. The molecule has 0 aliphatic heterocycles. The molecule has 0 unspecified atom stereocenters. The third-order valence-electron chi connectivity index (χ3n) is 5.02. The van der Waals surface area contributed by atoms with Crippen LogP contribution in [-0.4, -0.2) is 24.0 Å². The lowest BCUT2D eigenvalue weighted by molar-refractivity contribution is 0.0972. The number of hydrogen-bond acceptors (Lipinski definition) is 5. The number of ether oxygens (including phenoxy) is 1. The van der Waals surface area contributed by atoms with Gasteiger partial charge in [-0.25, -0.2) is 0 Å². The van der Waals surface area contributed by atoms with Gasteiger partial charge in [0.2, 0.25) is 0 Å². The predicted molar refractivity (Wildman–Crippen MR) is 140 cm³/mol. The molecule has 0 saturated heterocycles. The highest BCUT2D eigenvalue weighted by molar-refractivity contribution is 9.10. The lowest BCUT2D eigenvalue weighted by atomic mass is 10.1. The number of methoxy groups -OCH3 is 1. The number of carbonyl (C=O) groups is 2. The molecule has 0 fully saturated rings. The Labute approximate surface area is 209 Å². The maximum Gasteiger partial charge on any atom is 0.291 e. The minimum absolute atomic E-state index is 0.130. The summed E-state index contributed by atoms with van der Waals surface area (Å²) >= 11 is 8.64. The third kappa shape index (κ3) is 5.27. The van der Waals surface area contributed by atoms with E-state index in [0.29, 0.717) is 28.3 Å². The van der Waals surface area contributed by atoms with Crippen LogP contribution in [0.5, 0.6) is 5.75 Å². The molecule has 0 atom stereocenters. The number of carbonyl (C=O) groups excluding carboxylic acids is 2. The van der Waals surface area contributed by atoms with Crippen molar-refractivity contribution in [2.24, 2.45) is 0 Å². The summed E-state index contributed by atoms with van der Waals surface area (Å²) in [5.41, 5.74) is 3.09. The van der Waals surface area contributed by atoms with Crippen molar-refractivity contribution in [1.82, 2.24) is 5.32 Å². The van der Waals surface area contributed by atoms with E-state index in [1.54, 1.807) is 36.4 Å². The number of furan rings is 1. The Hall–Kier alpha value is -3.69. The van der Waals surface area contributed by atoms with Crippen LogP contribution in [0.3, 0.4) is 0 Å². The molecule has 0 saturated carbocycles. The highest BCUT2D eigenvalue weighted by atomic mass is 79.9. The van der Waals surface area contributed by atoms with Gasteiger partial charge < -0.3 is 19.8 Å². The molecule has 0 aliphatic rings. The Balaban J connectivity index is 1.41. The van der Waals surface area contributed by atoms with Crippen LogP contribution in [0.1, 0.15) is 26.5 Å². The first-order valence-corrected chi connectivity index (χ1v) is 11.4. The maximum atomic E-state index is 12.6. The summed E-state index contributed by atoms with van der Waals surface area (Å²) in [5, 5.41) is 9.48. The molecule has 2 amide bonds. The number of rotatable bonds is 5. The minimum atomic E-state index is -0.401. The van der Waals surface area contributed by atoms with Gasteiger partial charge in [-0.15, -0.1) is 0 Å². The maximum absolute atomic E-state index is 12.6. The topological polar surface area (TPSA) is 92.6 Å². The van der Waals surface area contributed by atoms with E-state index in [0.717, 1.165) is 15.4 Å². The summed E-state index contributed by atoms with van der Waals surface area (Å²) in [6, 6.07) is 19.6. The van der Waals surface area contributed by atoms with Crippen molar-refractivity contribution in [2.75, 3.05) is 17.7 Å². The van der Waals surface area contributed by atoms with Crippen LogP contribution < -0.4 is 20.7 Å². The molecule has 3 N–H and O–H groups in total. The number of thiocarbonyl (C=S) groups is 1. The van der Waals surface area contributed by atoms with Crippen molar-refractivity contribution >= 4 is 67.4 Å². The van der Waals surface area contributed by atoms with Crippen LogP contribution in [0.4, 0.5) is 11.4 Å². The lowest BCUT2D eigenvalue weighted by Crippen LogP contribution is -2.34. The molecule has 7 nitrogen and oxygen atoms in total. The summed E-state index contributed by atoms with van der Waals surface area (Å²) < 4.78 is 11.6. The number of para-hydroxylation sites is 1. The molecular formula is C25H20BrN3O4S. The van der Waals surface area contributed by atoms with Gasteiger partial charge in [-0.05, 0) is 73.2 Å². The van der Waals surface area contributed by atoms with Gasteiger partial charge in [-0.3, -0.25) is 14.9 Å². The summed E-state index contributed by atoms with van der Waals surface area (Å²) in [5.74, 6) is -0.0774. The zero-order chi connectivity index (χ0) is 24.2. The second-order valence-electron chi connectivity index (χ2n) is 7.39. The van der Waals surface area contributed by atoms with E-state index in [9.17, 15) is 9.59 Å². The van der Waals surface area contributed by atoms with Gasteiger partial charge in [0.05, 0.1) is 12.7 Å². The number of halogens is 1. The van der Waals surface area contributed by atoms with Crippen molar-refractivity contribution in [3.8, 4) is 5.75 Å². The Kier molecular flexibility index (Phi) is 6.95. The Morgan fingerprint density at radius 3 is 2.50 bits per heavy atom. The van der Waals surface area contributed by atoms with Gasteiger partial charge in [0.1, 0.15) is 11.3 Å². The van der Waals surface area contributed by atoms with Gasteiger partial charge in [0, 0.05) is 21.2 Å². The zero-order valence-corrected chi connectivity index (χ0v) is 20.7. The molecule has 0 radical (unpaired) electrons. The number of aryl methyl sites for hydroxylation is 1. The first-order valence-electron chi connectivity index (χ1n) is 10.2. The molecule has 9 heteroatoms. The van der Waals surface area contributed by atoms with Crippen molar-refractivity contribution < 1.29 is 18.7 Å². The van der Waals surface area contributed by atoms with Gasteiger partial charge in [0.25, 0.3) is 11.8 Å². The number of fused-ring (bicyclic) bond motifs is 1. The van der Waals surface area contributed by atoms with E-state index in [4.69, 9.17) is 21.4 Å². The van der Waals surface area contributed by atoms with E-state index in [1.165, 1.54) is 7.11 Å². The molecule has 4 aromatic rings. The first kappa shape index (κ1) is 23.5. The first-order chi connectivity index (χ1) is 16.3. The normalized spacial score (nSPS) is 10.6. The SMILES string of the molecule is COc1ccc(Br)cc1C(=O)NC(=S)Nc1ccc(NC(=O)c2cc3ccccc3o2)c(C)c1. The number of nitrogens with one attached hydrogen (secondary N) is 3. The van der Waals surface area contributed by atoms with Crippen LogP contribution >= 0.6 is 28.1 Å². The standard InChI is InChI=1S/C25H20BrN3O4S/c1-14-11-17(27-25(34)29-23(30)18-13-16(26)7-10-21(18)32-2)8-9-19(14)28-24(31)22-12-15-5-3-4-6-20(15)33-22/h3-13H,1-2H3,(H,28,31)(H2,27,29,30,34). The number of amides is 2. The summed E-state index contributed by atoms with van der Waals surface area (Å²) in [7, 11) is 1.49. The molecular weight excluding hydrogens is 518 g/mol. The fourth-order valence-corrected chi connectivity index (χ4v) is 3.92. The molecule has 3 aromatic carbocycles. The fourth-order valence-electron chi connectivity index (χ4n) is 3.35. The second kappa shape index (κ2) is 10.1. The highest BCUT2D eigenvalue weighted by Gasteiger charge is 2.16. The Bertz CT molecular complexity index is 1380. The average molecular weight is 538 g/mol. The summed E-state index contributed by atoms with van der Waals surface area (Å²) in [6.45, 7) is 1.85. The van der Waals surface area contributed by atoms with Gasteiger partial charge in [0.15, 0.2) is 10.9 Å². The molecule has 1 aromatic heterocycles. The lowest BCUT2D eigenvalue weighted by Gasteiger charge is -2.13. The van der Waals surface area contributed by atoms with Crippen molar-refractivity contribution in [3.63, 3.8) is 0 Å². The molecule has 172 valence electrons. The van der Waals surface area contributed by atoms with Crippen LogP contribution in [0.25, 0.3) is 11.0 Å². The number of hydrogen-bond donors (Lipinski definition) is 3. The van der Waals surface area contributed by atoms with Crippen LogP contribution in [0.2, 0.25) is 0 Å². The quantitative estimate of drug-likeness (QED) is 0.275. The van der Waals surface area contributed by atoms with Crippen molar-refractivity contribution in [1.29, 1.82) is 0 Å². The van der Waals surface area contributed by atoms with E-state index < -0.39 is 5.91 Å². The second-order valence-corrected chi connectivity index (χ2v) is 8.71. The average Bonchev–Trinajstić information content (AvgIpc) is 3.25. The predicted octanol–water partition coefficient (Wildman–Crippen LogP) is 5.89. The van der Waals surface area contributed by atoms with E-state index >= 15 is 0 Å². The Morgan fingerprint density at radius 2 is 1.76 bits per heavy atom. The molecule has 1 heterocycles. The molecule has 0 spiro atoms. The number of anilines is 2. The zero-order valence-electron chi connectivity index (χ0n) is 18.3. The molecule has 0 bridgehead atoms. The fraction of sp³-hybridized carbons (Fsp3) is 0.0800. The van der Waals surface area contributed by atoms with Gasteiger partial charge >= 0.3 is 0 Å². The van der Waals surface area contributed by atoms with E-state index in [1.807, 2.05) is 37.3 Å². The summed E-state index contributed by atoms with van der Waals surface area (Å²) in [6.07, 6.45) is 0. The number of benzene rings is 3. The Morgan fingerprint density at radius 1 is 0.971 bits per heavy atom. The van der Waals surface area contributed by atoms with Gasteiger partial charge in [-0.1, -0.05) is 34.1 Å². The monoisotopic (exact) mass is 537 g/mol. The van der Waals surface area contributed by atoms with Crippen LogP contribution in [0, 0.1) is 6.92 Å². The van der Waals surface area contributed by atoms with E-state index in [2.05, 4.69) is 31.9 Å². The van der Waals surface area contributed by atoms with Crippen LogP contribution in [-0.2, 0) is 0 Å². The van der Waals surface area contributed by atoms with E-state index in [-0.39, 0.29) is 16.8 Å². The molecule has 0 aliphatic carbocycles. The van der Waals surface area contributed by atoms with Crippen LogP contribution in [0.15, 0.2) is 75.6 Å². The smallest absolute Gasteiger partial charge is 0.291 e. The molecule has 34 heavy (non-hydrogen) atoms. The summed E-state index contributed by atoms with van der Waals surface area (Å²) in [4.78, 5) is 25.3. The third-order valence-corrected chi connectivity index (χ3v) is 5.71. The van der Waals surface area contributed by atoms with Gasteiger partial charge in [-0.2, -0.15) is 0 Å². The van der Waals surface area contributed by atoms with Crippen molar-refractivity contribution in [3.05, 3.63) is 88.1 Å². The minimum Gasteiger partial charge on any atom is -0.496 e. The molecule has 4 rings (SSSR count). The van der Waals surface area contributed by atoms with Crippen molar-refractivity contribution in [2.45, 2.75) is 6.92 Å².